The van der Waals surface area contributed by atoms with Gasteiger partial charge < -0.3 is 9.72 Å². The first-order valence-electron chi connectivity index (χ1n) is 9.09. The van der Waals surface area contributed by atoms with Crippen LogP contribution in [-0.2, 0) is 0 Å². The Morgan fingerprint density at radius 1 is 1.00 bits per heavy atom. The smallest absolute Gasteiger partial charge is 0.294 e. The second-order valence-corrected chi connectivity index (χ2v) is 6.88. The summed E-state index contributed by atoms with van der Waals surface area (Å²) >= 11 is 0. The summed E-state index contributed by atoms with van der Waals surface area (Å²) in [5.41, 5.74) is 2.82. The molecule has 0 aliphatic carbocycles. The Labute approximate surface area is 160 Å². The zero-order valence-corrected chi connectivity index (χ0v) is 15.5. The van der Waals surface area contributed by atoms with E-state index in [9.17, 15) is 4.79 Å². The van der Waals surface area contributed by atoms with E-state index in [0.717, 1.165) is 38.9 Å². The van der Waals surface area contributed by atoms with Gasteiger partial charge in [0.15, 0.2) is 0 Å². The van der Waals surface area contributed by atoms with Crippen molar-refractivity contribution < 1.29 is 4.74 Å². The minimum atomic E-state index is -0.241. The molecular weight excluding hydrogens is 352 g/mol. The number of hydrogen-bond donors (Lipinski definition) is 1. The van der Waals surface area contributed by atoms with Crippen molar-refractivity contribution in [1.29, 1.82) is 0 Å². The molecule has 0 aliphatic rings. The summed E-state index contributed by atoms with van der Waals surface area (Å²) in [6.07, 6.45) is 0. The lowest BCUT2D eigenvalue weighted by atomic mass is 9.97. The molecule has 2 heterocycles. The highest BCUT2D eigenvalue weighted by Crippen LogP contribution is 2.29. The molecule has 0 amide bonds. The number of benzene rings is 3. The van der Waals surface area contributed by atoms with E-state index in [1.807, 2.05) is 46.9 Å². The standard InChI is InChI=1S/C22H18N4O2/c1-13(14-7-8-16-12-17(28-2)10-9-15(16)11-14)20-24-25-21-22(27)23-18-5-3-4-6-19(18)26(20)21/h3-13H,1-2H3,(H,23,27). The summed E-state index contributed by atoms with van der Waals surface area (Å²) in [7, 11) is 1.67. The molecular formula is C22H18N4O2. The highest BCUT2D eigenvalue weighted by atomic mass is 16.5. The molecule has 5 aromatic rings. The molecule has 6 nitrogen and oxygen atoms in total. The highest BCUT2D eigenvalue weighted by molar-refractivity contribution is 5.85. The normalized spacial score (nSPS) is 12.6. The van der Waals surface area contributed by atoms with E-state index in [4.69, 9.17) is 4.74 Å². The van der Waals surface area contributed by atoms with Crippen molar-refractivity contribution >= 4 is 27.5 Å². The molecule has 28 heavy (non-hydrogen) atoms. The first-order valence-corrected chi connectivity index (χ1v) is 9.09. The third kappa shape index (κ3) is 2.45. The van der Waals surface area contributed by atoms with Gasteiger partial charge in [-0.3, -0.25) is 9.20 Å². The predicted molar refractivity (Wildman–Crippen MR) is 109 cm³/mol. The molecule has 0 spiro atoms. The van der Waals surface area contributed by atoms with Gasteiger partial charge in [0.25, 0.3) is 5.56 Å². The summed E-state index contributed by atoms with van der Waals surface area (Å²) < 4.78 is 7.16. The number of nitrogens with one attached hydrogen (secondary N) is 1. The van der Waals surface area contributed by atoms with Crippen LogP contribution in [0.5, 0.6) is 5.75 Å². The maximum Gasteiger partial charge on any atom is 0.294 e. The maximum absolute atomic E-state index is 12.4. The SMILES string of the molecule is COc1ccc2cc(C(C)c3nnc4c(=O)[nH]c5ccccc5n34)ccc2c1. The molecule has 6 heteroatoms. The average Bonchev–Trinajstić information content (AvgIpc) is 3.18. The summed E-state index contributed by atoms with van der Waals surface area (Å²) in [4.78, 5) is 15.3. The Balaban J connectivity index is 1.70. The predicted octanol–water partition coefficient (Wildman–Crippen LogP) is 3.88. The topological polar surface area (TPSA) is 72.3 Å². The number of nitrogens with zero attached hydrogens (tertiary/aromatic N) is 3. The van der Waals surface area contributed by atoms with Crippen LogP contribution in [0.15, 0.2) is 65.5 Å². The van der Waals surface area contributed by atoms with E-state index >= 15 is 0 Å². The Morgan fingerprint density at radius 2 is 1.79 bits per heavy atom. The van der Waals surface area contributed by atoms with Gasteiger partial charge in [-0.25, -0.2) is 0 Å². The van der Waals surface area contributed by atoms with Gasteiger partial charge in [-0.2, -0.15) is 0 Å². The number of aromatic amines is 1. The van der Waals surface area contributed by atoms with Crippen molar-refractivity contribution in [2.75, 3.05) is 7.11 Å². The van der Waals surface area contributed by atoms with E-state index in [-0.39, 0.29) is 11.5 Å². The molecule has 2 aromatic heterocycles. The molecule has 0 saturated heterocycles. The Hall–Kier alpha value is -3.67. The van der Waals surface area contributed by atoms with E-state index in [2.05, 4.69) is 40.3 Å². The highest BCUT2D eigenvalue weighted by Gasteiger charge is 2.19. The van der Waals surface area contributed by atoms with Gasteiger partial charge in [0.2, 0.25) is 5.65 Å². The van der Waals surface area contributed by atoms with Gasteiger partial charge in [-0.05, 0) is 40.6 Å². The molecule has 0 radical (unpaired) electrons. The Kier molecular flexibility index (Phi) is 3.65. The fourth-order valence-corrected chi connectivity index (χ4v) is 3.70. The molecule has 1 atom stereocenters. The molecule has 1 N–H and O–H groups in total. The summed E-state index contributed by atoms with van der Waals surface area (Å²) in [6.45, 7) is 2.08. The number of fused-ring (bicyclic) bond motifs is 4. The fourth-order valence-electron chi connectivity index (χ4n) is 3.70. The van der Waals surface area contributed by atoms with Gasteiger partial charge in [0.1, 0.15) is 11.6 Å². The van der Waals surface area contributed by atoms with Crippen molar-refractivity contribution in [3.63, 3.8) is 0 Å². The average molecular weight is 370 g/mol. The minimum Gasteiger partial charge on any atom is -0.497 e. The molecule has 5 rings (SSSR count). The van der Waals surface area contributed by atoms with Gasteiger partial charge in [-0.1, -0.05) is 43.3 Å². The first kappa shape index (κ1) is 16.5. The summed E-state index contributed by atoms with van der Waals surface area (Å²) in [6, 6.07) is 20.0. The zero-order valence-electron chi connectivity index (χ0n) is 15.5. The Morgan fingerprint density at radius 3 is 2.64 bits per heavy atom. The molecule has 0 aliphatic heterocycles. The Bertz CT molecular complexity index is 1400. The van der Waals surface area contributed by atoms with Crippen LogP contribution in [0.25, 0.3) is 27.5 Å². The van der Waals surface area contributed by atoms with Gasteiger partial charge in [0.05, 0.1) is 18.1 Å². The molecule has 0 bridgehead atoms. The monoisotopic (exact) mass is 370 g/mol. The van der Waals surface area contributed by atoms with E-state index in [1.165, 1.54) is 0 Å². The molecule has 3 aromatic carbocycles. The van der Waals surface area contributed by atoms with Crippen molar-refractivity contribution in [2.24, 2.45) is 0 Å². The fraction of sp³-hybridized carbons (Fsp3) is 0.136. The van der Waals surface area contributed by atoms with Crippen LogP contribution in [0, 0.1) is 0 Å². The van der Waals surface area contributed by atoms with Gasteiger partial charge in [0, 0.05) is 5.92 Å². The second-order valence-electron chi connectivity index (χ2n) is 6.88. The van der Waals surface area contributed by atoms with Crippen LogP contribution in [0.1, 0.15) is 24.2 Å². The van der Waals surface area contributed by atoms with Gasteiger partial charge >= 0.3 is 0 Å². The van der Waals surface area contributed by atoms with Crippen LogP contribution >= 0.6 is 0 Å². The third-order valence-corrected chi connectivity index (χ3v) is 5.24. The lowest BCUT2D eigenvalue weighted by Crippen LogP contribution is -2.12. The van der Waals surface area contributed by atoms with Crippen LogP contribution in [0.3, 0.4) is 0 Å². The largest absolute Gasteiger partial charge is 0.497 e. The first-order chi connectivity index (χ1) is 13.7. The number of rotatable bonds is 3. The molecule has 0 saturated carbocycles. The minimum absolute atomic E-state index is 0.0355. The third-order valence-electron chi connectivity index (χ3n) is 5.24. The van der Waals surface area contributed by atoms with Crippen LogP contribution in [0.2, 0.25) is 0 Å². The number of aromatic nitrogens is 4. The molecule has 138 valence electrons. The number of ether oxygens (including phenoxy) is 1. The summed E-state index contributed by atoms with van der Waals surface area (Å²) in [5, 5.41) is 10.8. The van der Waals surface area contributed by atoms with E-state index < -0.39 is 0 Å². The van der Waals surface area contributed by atoms with E-state index in [0.29, 0.717) is 5.65 Å². The lowest BCUT2D eigenvalue weighted by Gasteiger charge is -2.13. The van der Waals surface area contributed by atoms with E-state index in [1.54, 1.807) is 7.11 Å². The number of para-hydroxylation sites is 2. The van der Waals surface area contributed by atoms with Gasteiger partial charge in [-0.15, -0.1) is 10.2 Å². The lowest BCUT2D eigenvalue weighted by molar-refractivity contribution is 0.415. The summed E-state index contributed by atoms with van der Waals surface area (Å²) in [5.74, 6) is 1.54. The number of H-pyrrole nitrogens is 1. The zero-order chi connectivity index (χ0) is 19.3. The van der Waals surface area contributed by atoms with Crippen molar-refractivity contribution in [1.82, 2.24) is 19.6 Å². The van der Waals surface area contributed by atoms with Crippen LogP contribution < -0.4 is 10.3 Å². The van der Waals surface area contributed by atoms with Crippen LogP contribution in [-0.4, -0.2) is 26.7 Å². The van der Waals surface area contributed by atoms with Crippen molar-refractivity contribution in [2.45, 2.75) is 12.8 Å². The number of methoxy groups -OCH3 is 1. The van der Waals surface area contributed by atoms with Crippen molar-refractivity contribution in [3.05, 3.63) is 82.4 Å². The quantitative estimate of drug-likeness (QED) is 0.523. The number of hydrogen-bond acceptors (Lipinski definition) is 4. The van der Waals surface area contributed by atoms with Crippen molar-refractivity contribution in [3.8, 4) is 5.75 Å². The second kappa shape index (κ2) is 6.20. The maximum atomic E-state index is 12.4. The molecule has 1 unspecified atom stereocenters. The molecule has 0 fully saturated rings. The van der Waals surface area contributed by atoms with Crippen LogP contribution in [0.4, 0.5) is 0 Å².